The first-order valence-corrected chi connectivity index (χ1v) is 7.76. The van der Waals surface area contributed by atoms with Gasteiger partial charge in [0.25, 0.3) is 0 Å². The summed E-state index contributed by atoms with van der Waals surface area (Å²) in [7, 11) is 0. The van der Waals surface area contributed by atoms with Crippen LogP contribution >= 0.6 is 0 Å². The van der Waals surface area contributed by atoms with Gasteiger partial charge < -0.3 is 15.4 Å². The van der Waals surface area contributed by atoms with Gasteiger partial charge in [-0.05, 0) is 38.8 Å². The van der Waals surface area contributed by atoms with E-state index in [0.29, 0.717) is 30.9 Å². The van der Waals surface area contributed by atoms with E-state index in [1.165, 1.54) is 18.2 Å². The van der Waals surface area contributed by atoms with Crippen LogP contribution in [0.15, 0.2) is 24.4 Å². The van der Waals surface area contributed by atoms with Gasteiger partial charge in [-0.2, -0.15) is 0 Å². The van der Waals surface area contributed by atoms with Crippen LogP contribution in [0.1, 0.15) is 55.7 Å². The molecule has 0 spiro atoms. The summed E-state index contributed by atoms with van der Waals surface area (Å²) in [5, 5.41) is 10.3. The van der Waals surface area contributed by atoms with Crippen LogP contribution < -0.4 is 5.73 Å². The summed E-state index contributed by atoms with van der Waals surface area (Å²) in [6.07, 6.45) is 2.74. The van der Waals surface area contributed by atoms with Crippen molar-refractivity contribution >= 4 is 0 Å². The van der Waals surface area contributed by atoms with Crippen LogP contribution in [0, 0.1) is 11.6 Å². The van der Waals surface area contributed by atoms with Crippen molar-refractivity contribution in [1.29, 1.82) is 0 Å². The molecule has 0 amide bonds. The number of nitrogens with two attached hydrogens (primary N) is 1. The zero-order chi connectivity index (χ0) is 16.8. The average molecular weight is 321 g/mol. The Morgan fingerprint density at radius 2 is 1.91 bits per heavy atom. The Balaban J connectivity index is 2.07. The molecule has 124 valence electrons. The number of imidazole rings is 1. The van der Waals surface area contributed by atoms with Crippen molar-refractivity contribution < 1.29 is 13.9 Å². The van der Waals surface area contributed by atoms with Crippen LogP contribution in [0.25, 0.3) is 0 Å². The van der Waals surface area contributed by atoms with Crippen LogP contribution in [-0.4, -0.2) is 14.7 Å². The zero-order valence-corrected chi connectivity index (χ0v) is 13.3. The van der Waals surface area contributed by atoms with Gasteiger partial charge >= 0.3 is 0 Å². The minimum Gasteiger partial charge on any atom is -0.384 e. The summed E-state index contributed by atoms with van der Waals surface area (Å²) >= 11 is 0. The maximum atomic E-state index is 14.2. The lowest BCUT2D eigenvalue weighted by molar-refractivity contribution is 0.0690. The predicted octanol–water partition coefficient (Wildman–Crippen LogP) is 2.97. The first-order chi connectivity index (χ1) is 10.8. The van der Waals surface area contributed by atoms with E-state index in [-0.39, 0.29) is 17.5 Å². The van der Waals surface area contributed by atoms with Crippen molar-refractivity contribution in [1.82, 2.24) is 9.55 Å². The monoisotopic (exact) mass is 321 g/mol. The molecule has 1 aromatic heterocycles. The summed E-state index contributed by atoms with van der Waals surface area (Å²) < 4.78 is 30.1. The molecule has 6 heteroatoms. The van der Waals surface area contributed by atoms with Gasteiger partial charge in [0.1, 0.15) is 23.1 Å². The molecule has 0 fully saturated rings. The number of hydrogen-bond acceptors (Lipinski definition) is 3. The van der Waals surface area contributed by atoms with Gasteiger partial charge in [0.2, 0.25) is 0 Å². The fourth-order valence-electron chi connectivity index (χ4n) is 3.32. The van der Waals surface area contributed by atoms with Crippen LogP contribution in [0.2, 0.25) is 0 Å². The molecule has 2 heterocycles. The summed E-state index contributed by atoms with van der Waals surface area (Å²) in [4.78, 5) is 4.33. The Morgan fingerprint density at radius 1 is 1.26 bits per heavy atom. The second kappa shape index (κ2) is 5.69. The maximum Gasteiger partial charge on any atom is 0.129 e. The van der Waals surface area contributed by atoms with E-state index in [1.54, 1.807) is 20.0 Å². The molecule has 4 nitrogen and oxygen atoms in total. The van der Waals surface area contributed by atoms with E-state index in [2.05, 4.69) is 4.98 Å². The molecule has 23 heavy (non-hydrogen) atoms. The first-order valence-electron chi connectivity index (χ1n) is 7.76. The highest BCUT2D eigenvalue weighted by atomic mass is 19.1. The van der Waals surface area contributed by atoms with E-state index < -0.39 is 17.2 Å². The summed E-state index contributed by atoms with van der Waals surface area (Å²) in [6, 6.07) is 3.59. The number of aromatic nitrogens is 2. The molecule has 1 aliphatic heterocycles. The molecule has 1 aromatic carbocycles. The molecule has 1 aliphatic rings. The summed E-state index contributed by atoms with van der Waals surface area (Å²) in [5.41, 5.74) is 5.75. The summed E-state index contributed by atoms with van der Waals surface area (Å²) in [6.45, 7) is 3.67. The molecule has 0 radical (unpaired) electrons. The van der Waals surface area contributed by atoms with Gasteiger partial charge in [0.05, 0.1) is 17.9 Å². The fraction of sp³-hybridized carbons (Fsp3) is 0.471. The van der Waals surface area contributed by atoms with Crippen molar-refractivity contribution in [2.75, 3.05) is 0 Å². The van der Waals surface area contributed by atoms with E-state index in [0.717, 1.165) is 0 Å². The third-order valence-corrected chi connectivity index (χ3v) is 4.48. The quantitative estimate of drug-likeness (QED) is 0.894. The lowest BCUT2D eigenvalue weighted by Crippen LogP contribution is -2.24. The topological polar surface area (TPSA) is 64.1 Å². The molecule has 2 atom stereocenters. The highest BCUT2D eigenvalue weighted by Crippen LogP contribution is 2.36. The van der Waals surface area contributed by atoms with Crippen molar-refractivity contribution in [2.24, 2.45) is 5.73 Å². The Bertz CT molecular complexity index is 701. The van der Waals surface area contributed by atoms with Gasteiger partial charge in [-0.25, -0.2) is 13.8 Å². The second-order valence-electron chi connectivity index (χ2n) is 6.69. The molecular weight excluding hydrogens is 300 g/mol. The number of halogens is 2. The number of rotatable bonds is 2. The van der Waals surface area contributed by atoms with Crippen LogP contribution in [0.4, 0.5) is 8.78 Å². The van der Waals surface area contributed by atoms with Gasteiger partial charge in [0, 0.05) is 18.0 Å². The van der Waals surface area contributed by atoms with Crippen molar-refractivity contribution in [2.45, 2.75) is 50.8 Å². The Hall–Kier alpha value is -1.79. The van der Waals surface area contributed by atoms with Crippen molar-refractivity contribution in [3.05, 3.63) is 53.1 Å². The van der Waals surface area contributed by atoms with E-state index >= 15 is 0 Å². The first kappa shape index (κ1) is 16.1. The highest BCUT2D eigenvalue weighted by Gasteiger charge is 2.32. The fourth-order valence-corrected chi connectivity index (χ4v) is 3.32. The number of hydrogen-bond donors (Lipinski definition) is 2. The lowest BCUT2D eigenvalue weighted by atomic mass is 9.92. The summed E-state index contributed by atoms with van der Waals surface area (Å²) in [5.74, 6) is -0.783. The average Bonchev–Trinajstić information content (AvgIpc) is 2.81. The maximum absolute atomic E-state index is 14.2. The van der Waals surface area contributed by atoms with Crippen molar-refractivity contribution in [3.8, 4) is 0 Å². The van der Waals surface area contributed by atoms with E-state index in [1.807, 2.05) is 4.57 Å². The molecule has 3 rings (SSSR count). The molecule has 1 unspecified atom stereocenters. The number of aliphatic hydroxyl groups is 1. The standard InChI is InChI=1S/C17H21F2N3O/c1-17(2,23)14-8-21-16-13(20)7-6-10(9-22(14)16)15-11(18)4-3-5-12(15)19/h3-5,8,10,13,23H,6-7,9,20H2,1-2H3/t10?,13-/m1/s1. The molecule has 2 aromatic rings. The van der Waals surface area contributed by atoms with Gasteiger partial charge in [-0.1, -0.05) is 6.07 Å². The number of nitrogens with zero attached hydrogens (tertiary/aromatic N) is 2. The van der Waals surface area contributed by atoms with E-state index in [4.69, 9.17) is 5.73 Å². The smallest absolute Gasteiger partial charge is 0.129 e. The minimum absolute atomic E-state index is 0.0861. The third kappa shape index (κ3) is 2.88. The van der Waals surface area contributed by atoms with Gasteiger partial charge in [0.15, 0.2) is 0 Å². The van der Waals surface area contributed by atoms with Gasteiger partial charge in [-0.3, -0.25) is 0 Å². The Morgan fingerprint density at radius 3 is 2.52 bits per heavy atom. The van der Waals surface area contributed by atoms with Crippen LogP contribution in [-0.2, 0) is 12.1 Å². The Labute approximate surface area is 134 Å². The highest BCUT2D eigenvalue weighted by molar-refractivity contribution is 5.26. The molecule has 3 N–H and O–H groups in total. The molecule has 0 saturated heterocycles. The second-order valence-corrected chi connectivity index (χ2v) is 6.69. The van der Waals surface area contributed by atoms with Crippen LogP contribution in [0.5, 0.6) is 0 Å². The van der Waals surface area contributed by atoms with Crippen LogP contribution in [0.3, 0.4) is 0 Å². The molecule has 0 aliphatic carbocycles. The predicted molar refractivity (Wildman–Crippen MR) is 82.7 cm³/mol. The SMILES string of the molecule is CC(C)(O)c1cnc2n1CC(c1c(F)cccc1F)CC[C@H]2N. The van der Waals surface area contributed by atoms with Gasteiger partial charge in [-0.15, -0.1) is 0 Å². The number of benzene rings is 1. The lowest BCUT2D eigenvalue weighted by Gasteiger charge is -2.23. The molecule has 0 bridgehead atoms. The third-order valence-electron chi connectivity index (χ3n) is 4.48. The van der Waals surface area contributed by atoms with Crippen molar-refractivity contribution in [3.63, 3.8) is 0 Å². The normalized spacial score (nSPS) is 21.8. The Kier molecular flexibility index (Phi) is 3.98. The largest absolute Gasteiger partial charge is 0.384 e. The number of fused-ring (bicyclic) bond motifs is 1. The van der Waals surface area contributed by atoms with E-state index in [9.17, 15) is 13.9 Å². The minimum atomic E-state index is -1.10. The molecule has 0 saturated carbocycles. The molecular formula is C17H21F2N3O. The zero-order valence-electron chi connectivity index (χ0n) is 13.3.